The molecule has 0 amide bonds. The lowest BCUT2D eigenvalue weighted by atomic mass is 9.81. The Balaban J connectivity index is 2.47. The number of carbonyl (C=O) groups excluding carboxylic acids is 2. The molecule has 6 nitrogen and oxygen atoms in total. The molecule has 0 aliphatic heterocycles. The first-order valence-electron chi connectivity index (χ1n) is 5.92. The first-order valence-corrected chi connectivity index (χ1v) is 6.30. The molecule has 0 spiro atoms. The quantitative estimate of drug-likeness (QED) is 0.368. The van der Waals surface area contributed by atoms with E-state index in [1.165, 1.54) is 18.2 Å². The lowest BCUT2D eigenvalue weighted by molar-refractivity contribution is 0.0978. The zero-order chi connectivity index (χ0) is 15.5. The number of hydrogen-bond donors (Lipinski definition) is 4. The van der Waals surface area contributed by atoms with E-state index in [1.807, 2.05) is 0 Å². The lowest BCUT2D eigenvalue weighted by Crippen LogP contribution is -2.25. The van der Waals surface area contributed by atoms with Gasteiger partial charge in [-0.05, 0) is 18.2 Å². The minimum absolute atomic E-state index is 0.0355. The van der Waals surface area contributed by atoms with Crippen LogP contribution in [0.2, 0.25) is 5.02 Å². The number of carbonyl (C=O) groups is 2. The Morgan fingerprint density at radius 1 is 0.857 bits per heavy atom. The third-order valence-corrected chi connectivity index (χ3v) is 3.78. The first kappa shape index (κ1) is 13.3. The topological polar surface area (TPSA) is 132 Å². The van der Waals surface area contributed by atoms with Gasteiger partial charge in [0.1, 0.15) is 5.75 Å². The molecule has 0 atom stereocenters. The Bertz CT molecular complexity index is 846. The van der Waals surface area contributed by atoms with E-state index >= 15 is 0 Å². The lowest BCUT2D eigenvalue weighted by Gasteiger charge is -2.22. The number of fused-ring (bicyclic) bond motifs is 2. The maximum Gasteiger partial charge on any atom is 0.200 e. The molecule has 1 aliphatic carbocycles. The first-order chi connectivity index (χ1) is 9.84. The van der Waals surface area contributed by atoms with Crippen molar-refractivity contribution in [2.75, 3.05) is 17.2 Å². The van der Waals surface area contributed by atoms with Crippen LogP contribution in [0.5, 0.6) is 5.75 Å². The van der Waals surface area contributed by atoms with Gasteiger partial charge in [0, 0.05) is 11.4 Å². The maximum absolute atomic E-state index is 12.6. The maximum atomic E-state index is 12.6. The van der Waals surface area contributed by atoms with Crippen molar-refractivity contribution in [1.29, 1.82) is 0 Å². The smallest absolute Gasteiger partial charge is 0.200 e. The normalized spacial score (nSPS) is 13.0. The second kappa shape index (κ2) is 4.13. The van der Waals surface area contributed by atoms with Crippen LogP contribution in [0, 0.1) is 0 Å². The summed E-state index contributed by atoms with van der Waals surface area (Å²) in [6.45, 7) is 0. The fraction of sp³-hybridized carbons (Fsp3) is 0. The predicted octanol–water partition coefficient (Wildman–Crippen LogP) is 1.57. The van der Waals surface area contributed by atoms with Gasteiger partial charge in [-0.2, -0.15) is 0 Å². The molecule has 0 aromatic heterocycles. The van der Waals surface area contributed by atoms with Crippen molar-refractivity contribution in [2.24, 2.45) is 0 Å². The number of nitrogens with two attached hydrogens (primary N) is 3. The summed E-state index contributed by atoms with van der Waals surface area (Å²) in [4.78, 5) is 25.2. The highest BCUT2D eigenvalue weighted by Gasteiger charge is 2.37. The molecule has 21 heavy (non-hydrogen) atoms. The van der Waals surface area contributed by atoms with Crippen molar-refractivity contribution in [2.45, 2.75) is 0 Å². The zero-order valence-electron chi connectivity index (χ0n) is 10.6. The Kier molecular flexibility index (Phi) is 2.61. The van der Waals surface area contributed by atoms with E-state index in [2.05, 4.69) is 0 Å². The van der Waals surface area contributed by atoms with Gasteiger partial charge < -0.3 is 22.3 Å². The molecule has 1 aliphatic rings. The number of aromatic hydroxyl groups is 1. The molecule has 2 aromatic carbocycles. The minimum Gasteiger partial charge on any atom is -0.507 e. The van der Waals surface area contributed by atoms with Crippen LogP contribution in [-0.2, 0) is 0 Å². The molecule has 0 saturated carbocycles. The summed E-state index contributed by atoms with van der Waals surface area (Å²) >= 11 is 5.91. The Morgan fingerprint density at radius 3 is 2.10 bits per heavy atom. The van der Waals surface area contributed by atoms with E-state index in [0.29, 0.717) is 0 Å². The van der Waals surface area contributed by atoms with E-state index < -0.39 is 11.6 Å². The summed E-state index contributed by atoms with van der Waals surface area (Å²) in [6.07, 6.45) is 0. The minimum atomic E-state index is -0.629. The Morgan fingerprint density at radius 2 is 1.43 bits per heavy atom. The second-order valence-electron chi connectivity index (χ2n) is 4.69. The van der Waals surface area contributed by atoms with E-state index in [0.717, 1.165) is 0 Å². The summed E-state index contributed by atoms with van der Waals surface area (Å²) in [5.74, 6) is -1.54. The van der Waals surface area contributed by atoms with Crippen molar-refractivity contribution < 1.29 is 14.7 Å². The number of halogens is 1. The summed E-state index contributed by atoms with van der Waals surface area (Å²) in [5, 5.41) is 9.96. The van der Waals surface area contributed by atoms with Crippen LogP contribution >= 0.6 is 11.6 Å². The highest BCUT2D eigenvalue weighted by atomic mass is 35.5. The van der Waals surface area contributed by atoms with Crippen molar-refractivity contribution in [3.05, 3.63) is 45.5 Å². The molecular formula is C14H10ClN3O3. The van der Waals surface area contributed by atoms with Gasteiger partial charge in [0.2, 0.25) is 5.78 Å². The van der Waals surface area contributed by atoms with Crippen molar-refractivity contribution in [3.8, 4) is 5.75 Å². The number of anilines is 3. The van der Waals surface area contributed by atoms with Gasteiger partial charge in [-0.15, -0.1) is 0 Å². The zero-order valence-corrected chi connectivity index (χ0v) is 11.4. The van der Waals surface area contributed by atoms with Crippen LogP contribution in [-0.4, -0.2) is 16.7 Å². The standard InChI is InChI=1S/C14H10ClN3O3/c15-4-3-6(17)9-11(12(4)18)14(21)10-7(19)2-1-5(16)8(10)13(9)20/h1-3,19H,16-18H2. The molecule has 0 fully saturated rings. The average Bonchev–Trinajstić information content (AvgIpc) is 2.42. The predicted molar refractivity (Wildman–Crippen MR) is 79.7 cm³/mol. The Hall–Kier alpha value is -2.73. The summed E-state index contributed by atoms with van der Waals surface area (Å²) < 4.78 is 0. The number of nitrogen functional groups attached to an aromatic ring is 3. The summed E-state index contributed by atoms with van der Waals surface area (Å²) in [5.41, 5.74) is 17.0. The van der Waals surface area contributed by atoms with E-state index in [-0.39, 0.29) is 50.1 Å². The number of rotatable bonds is 0. The van der Waals surface area contributed by atoms with Gasteiger partial charge >= 0.3 is 0 Å². The largest absolute Gasteiger partial charge is 0.507 e. The molecule has 2 aromatic rings. The van der Waals surface area contributed by atoms with Crippen LogP contribution in [0.3, 0.4) is 0 Å². The van der Waals surface area contributed by atoms with E-state index in [1.54, 1.807) is 0 Å². The number of phenolic OH excluding ortho intramolecular Hbond substituents is 1. The summed E-state index contributed by atoms with van der Waals surface area (Å²) in [6, 6.07) is 3.90. The van der Waals surface area contributed by atoms with Gasteiger partial charge in [-0.25, -0.2) is 0 Å². The highest BCUT2D eigenvalue weighted by Crippen LogP contribution is 2.42. The van der Waals surface area contributed by atoms with Crippen molar-refractivity contribution in [1.82, 2.24) is 0 Å². The fourth-order valence-electron chi connectivity index (χ4n) is 2.50. The monoisotopic (exact) mass is 303 g/mol. The van der Waals surface area contributed by atoms with Gasteiger partial charge in [-0.1, -0.05) is 11.6 Å². The van der Waals surface area contributed by atoms with Crippen LogP contribution < -0.4 is 17.2 Å². The van der Waals surface area contributed by atoms with Gasteiger partial charge in [-0.3, -0.25) is 9.59 Å². The van der Waals surface area contributed by atoms with Gasteiger partial charge in [0.15, 0.2) is 5.78 Å². The van der Waals surface area contributed by atoms with Crippen LogP contribution in [0.15, 0.2) is 18.2 Å². The fourth-order valence-corrected chi connectivity index (χ4v) is 2.71. The van der Waals surface area contributed by atoms with Crippen LogP contribution in [0.4, 0.5) is 17.1 Å². The average molecular weight is 304 g/mol. The number of ketones is 2. The highest BCUT2D eigenvalue weighted by molar-refractivity contribution is 6.39. The van der Waals surface area contributed by atoms with E-state index in [9.17, 15) is 14.7 Å². The molecule has 0 radical (unpaired) electrons. The summed E-state index contributed by atoms with van der Waals surface area (Å²) in [7, 11) is 0. The molecule has 7 heteroatoms. The molecule has 0 unspecified atom stereocenters. The molecule has 106 valence electrons. The molecule has 3 rings (SSSR count). The van der Waals surface area contributed by atoms with Gasteiger partial charge in [0.05, 0.1) is 33.0 Å². The second-order valence-corrected chi connectivity index (χ2v) is 5.10. The van der Waals surface area contributed by atoms with E-state index in [4.69, 9.17) is 28.8 Å². The number of hydrogen-bond acceptors (Lipinski definition) is 6. The Labute approximate surface area is 124 Å². The van der Waals surface area contributed by atoms with Crippen LogP contribution in [0.1, 0.15) is 31.8 Å². The molecule has 0 saturated heterocycles. The van der Waals surface area contributed by atoms with Crippen molar-refractivity contribution >= 4 is 40.2 Å². The third-order valence-electron chi connectivity index (χ3n) is 3.47. The molecule has 0 heterocycles. The SMILES string of the molecule is Nc1ccc(O)c2c1C(=O)c1c(N)cc(Cl)c(N)c1C2=O. The molecule has 0 bridgehead atoms. The number of benzene rings is 2. The van der Waals surface area contributed by atoms with Crippen LogP contribution in [0.25, 0.3) is 0 Å². The number of phenols is 1. The van der Waals surface area contributed by atoms with Crippen molar-refractivity contribution in [3.63, 3.8) is 0 Å². The molecular weight excluding hydrogens is 294 g/mol. The third kappa shape index (κ3) is 1.59. The molecule has 7 N–H and O–H groups in total. The van der Waals surface area contributed by atoms with Gasteiger partial charge in [0.25, 0.3) is 0 Å².